The molecule has 0 unspecified atom stereocenters. The zero-order chi connectivity index (χ0) is 15.5. The van der Waals surface area contributed by atoms with Crippen molar-refractivity contribution in [3.63, 3.8) is 0 Å². The van der Waals surface area contributed by atoms with Crippen molar-refractivity contribution in [2.45, 2.75) is 13.3 Å². The molecule has 1 N–H and O–H groups in total. The first kappa shape index (κ1) is 13.2. The Morgan fingerprint density at radius 3 is 2.73 bits per heavy atom. The van der Waals surface area contributed by atoms with Crippen LogP contribution in [0, 0.1) is 23.2 Å². The fourth-order valence-corrected chi connectivity index (χ4v) is 4.08. The smallest absolute Gasteiger partial charge is 0.270 e. The summed E-state index contributed by atoms with van der Waals surface area (Å²) in [6.45, 7) is 1.84. The number of aromatic nitrogens is 1. The van der Waals surface area contributed by atoms with Crippen LogP contribution in [0.15, 0.2) is 36.7 Å². The van der Waals surface area contributed by atoms with Gasteiger partial charge in [0, 0.05) is 18.0 Å². The van der Waals surface area contributed by atoms with Crippen LogP contribution in [0.2, 0.25) is 0 Å². The lowest BCUT2D eigenvalue weighted by atomic mass is 9.71. The average molecular weight is 297 g/mol. The van der Waals surface area contributed by atoms with E-state index in [1.807, 2.05) is 19.1 Å². The fourth-order valence-electron chi connectivity index (χ4n) is 4.08. The molecule has 1 aromatic heterocycles. The van der Waals surface area contributed by atoms with Gasteiger partial charge < -0.3 is 0 Å². The minimum absolute atomic E-state index is 0.0850. The van der Waals surface area contributed by atoms with Crippen LogP contribution in [0.1, 0.15) is 23.7 Å². The Balaban J connectivity index is 1.61. The molecule has 1 aromatic rings. The highest BCUT2D eigenvalue weighted by Gasteiger charge is 2.67. The lowest BCUT2D eigenvalue weighted by molar-refractivity contribution is -0.145. The van der Waals surface area contributed by atoms with E-state index in [-0.39, 0.29) is 29.6 Å². The van der Waals surface area contributed by atoms with Crippen molar-refractivity contribution < 1.29 is 14.4 Å². The predicted octanol–water partition coefficient (Wildman–Crippen LogP) is 0.924. The quantitative estimate of drug-likeness (QED) is 0.650. The standard InChI is InChI=1S/C16H15N3O3/c1-16-11-3-2-10(8-11)12(16)14(21)19(15(16)22)18-13(20)9-4-6-17-7-5-9/h2-7,10-12H,8H2,1H3,(H,18,20)/t10-,11-,12+,16-/m0/s1. The summed E-state index contributed by atoms with van der Waals surface area (Å²) in [5.41, 5.74) is 2.10. The minimum Gasteiger partial charge on any atom is -0.272 e. The SMILES string of the molecule is C[C@@]12C(=O)N(NC(=O)c3ccncc3)C(=O)[C@H]1[C@H]1C=C[C@H]2C1. The first-order valence-corrected chi connectivity index (χ1v) is 7.31. The van der Waals surface area contributed by atoms with E-state index in [4.69, 9.17) is 0 Å². The van der Waals surface area contributed by atoms with Crippen LogP contribution in [0.5, 0.6) is 0 Å². The molecule has 0 aromatic carbocycles. The molecule has 1 saturated heterocycles. The van der Waals surface area contributed by atoms with Gasteiger partial charge in [-0.25, -0.2) is 0 Å². The highest BCUT2D eigenvalue weighted by molar-refractivity contribution is 6.10. The van der Waals surface area contributed by atoms with Gasteiger partial charge in [0.25, 0.3) is 17.7 Å². The maximum absolute atomic E-state index is 12.7. The van der Waals surface area contributed by atoms with Crippen LogP contribution >= 0.6 is 0 Å². The number of hydrazine groups is 1. The van der Waals surface area contributed by atoms with Gasteiger partial charge in [-0.05, 0) is 37.3 Å². The molecule has 0 radical (unpaired) electrons. The van der Waals surface area contributed by atoms with E-state index < -0.39 is 11.3 Å². The van der Waals surface area contributed by atoms with E-state index in [2.05, 4.69) is 10.4 Å². The van der Waals surface area contributed by atoms with Gasteiger partial charge in [0.15, 0.2) is 0 Å². The Hall–Kier alpha value is -2.50. The van der Waals surface area contributed by atoms with Crippen LogP contribution in [-0.2, 0) is 9.59 Å². The first-order chi connectivity index (χ1) is 10.5. The number of hydrogen-bond donors (Lipinski definition) is 1. The Morgan fingerprint density at radius 1 is 1.32 bits per heavy atom. The maximum Gasteiger partial charge on any atom is 0.270 e. The van der Waals surface area contributed by atoms with Gasteiger partial charge in [0.2, 0.25) is 0 Å². The molecule has 4 atom stereocenters. The van der Waals surface area contributed by atoms with Crippen molar-refractivity contribution in [1.29, 1.82) is 0 Å². The zero-order valence-corrected chi connectivity index (χ0v) is 12.0. The zero-order valence-electron chi connectivity index (χ0n) is 12.0. The Morgan fingerprint density at radius 2 is 2.05 bits per heavy atom. The van der Waals surface area contributed by atoms with Crippen molar-refractivity contribution in [2.24, 2.45) is 23.2 Å². The van der Waals surface area contributed by atoms with E-state index in [9.17, 15) is 14.4 Å². The molecular formula is C16H15N3O3. The molecule has 6 nitrogen and oxygen atoms in total. The topological polar surface area (TPSA) is 79.4 Å². The number of rotatable bonds is 2. The Kier molecular flexibility index (Phi) is 2.55. The van der Waals surface area contributed by atoms with E-state index in [1.165, 1.54) is 24.5 Å². The summed E-state index contributed by atoms with van der Waals surface area (Å²) < 4.78 is 0. The number of allylic oxidation sites excluding steroid dienone is 2. The molecule has 1 aliphatic heterocycles. The predicted molar refractivity (Wildman–Crippen MR) is 75.9 cm³/mol. The summed E-state index contributed by atoms with van der Waals surface area (Å²) in [5.74, 6) is -1.25. The normalized spacial score (nSPS) is 35.1. The summed E-state index contributed by atoms with van der Waals surface area (Å²) in [7, 11) is 0. The van der Waals surface area contributed by atoms with Gasteiger partial charge in [-0.1, -0.05) is 12.2 Å². The summed E-state index contributed by atoms with van der Waals surface area (Å²) in [5, 5.41) is 0.916. The molecule has 3 aliphatic rings. The molecule has 3 amide bonds. The summed E-state index contributed by atoms with van der Waals surface area (Å²) in [6.07, 6.45) is 7.88. The van der Waals surface area contributed by atoms with Crippen LogP contribution < -0.4 is 5.43 Å². The number of nitrogens with zero attached hydrogens (tertiary/aromatic N) is 2. The highest BCUT2D eigenvalue weighted by atomic mass is 16.2. The summed E-state index contributed by atoms with van der Waals surface area (Å²) in [6, 6.07) is 3.07. The lowest BCUT2D eigenvalue weighted by Gasteiger charge is -2.28. The van der Waals surface area contributed by atoms with Crippen molar-refractivity contribution in [1.82, 2.24) is 15.4 Å². The Bertz CT molecular complexity index is 715. The molecule has 4 rings (SSSR count). The number of carbonyl (C=O) groups is 3. The molecule has 112 valence electrons. The molecule has 2 aliphatic carbocycles. The van der Waals surface area contributed by atoms with E-state index in [0.717, 1.165) is 11.4 Å². The minimum atomic E-state index is -0.720. The lowest BCUT2D eigenvalue weighted by Crippen LogP contribution is -2.48. The molecular weight excluding hydrogens is 282 g/mol. The van der Waals surface area contributed by atoms with Crippen LogP contribution in [0.25, 0.3) is 0 Å². The van der Waals surface area contributed by atoms with Crippen LogP contribution in [0.3, 0.4) is 0 Å². The number of carbonyl (C=O) groups excluding carboxylic acids is 3. The highest BCUT2D eigenvalue weighted by Crippen LogP contribution is 2.60. The van der Waals surface area contributed by atoms with Crippen molar-refractivity contribution >= 4 is 17.7 Å². The largest absolute Gasteiger partial charge is 0.272 e. The monoisotopic (exact) mass is 297 g/mol. The van der Waals surface area contributed by atoms with Gasteiger partial charge in [-0.2, -0.15) is 5.01 Å². The fraction of sp³-hybridized carbons (Fsp3) is 0.375. The summed E-state index contributed by atoms with van der Waals surface area (Å²) in [4.78, 5) is 41.4. The van der Waals surface area contributed by atoms with Gasteiger partial charge in [-0.3, -0.25) is 24.8 Å². The van der Waals surface area contributed by atoms with E-state index in [1.54, 1.807) is 0 Å². The molecule has 0 spiro atoms. The van der Waals surface area contributed by atoms with Crippen LogP contribution in [-0.4, -0.2) is 27.7 Å². The Labute approximate surface area is 127 Å². The van der Waals surface area contributed by atoms with Crippen molar-refractivity contribution in [3.05, 3.63) is 42.2 Å². The van der Waals surface area contributed by atoms with Gasteiger partial charge in [0.05, 0.1) is 11.3 Å². The van der Waals surface area contributed by atoms with Crippen molar-refractivity contribution in [3.8, 4) is 0 Å². The number of nitrogens with one attached hydrogen (secondary N) is 1. The molecule has 22 heavy (non-hydrogen) atoms. The van der Waals surface area contributed by atoms with Crippen molar-refractivity contribution in [2.75, 3.05) is 0 Å². The molecule has 6 heteroatoms. The van der Waals surface area contributed by atoms with Gasteiger partial charge >= 0.3 is 0 Å². The third kappa shape index (κ3) is 1.49. The molecule has 2 fully saturated rings. The summed E-state index contributed by atoms with van der Waals surface area (Å²) >= 11 is 0. The maximum atomic E-state index is 12.7. The average Bonchev–Trinajstić information content (AvgIpc) is 3.16. The number of amides is 3. The third-order valence-electron chi connectivity index (χ3n) is 5.27. The second-order valence-electron chi connectivity index (χ2n) is 6.31. The van der Waals surface area contributed by atoms with Gasteiger partial charge in [-0.15, -0.1) is 0 Å². The van der Waals surface area contributed by atoms with Gasteiger partial charge in [0.1, 0.15) is 0 Å². The first-order valence-electron chi connectivity index (χ1n) is 7.31. The van der Waals surface area contributed by atoms with E-state index >= 15 is 0 Å². The molecule has 2 bridgehead atoms. The molecule has 1 saturated carbocycles. The third-order valence-corrected chi connectivity index (χ3v) is 5.27. The van der Waals surface area contributed by atoms with E-state index in [0.29, 0.717) is 5.56 Å². The number of imide groups is 1. The number of fused-ring (bicyclic) bond motifs is 5. The molecule has 2 heterocycles. The second-order valence-corrected chi connectivity index (χ2v) is 6.31. The second kappa shape index (κ2) is 4.25. The van der Waals surface area contributed by atoms with Crippen LogP contribution in [0.4, 0.5) is 0 Å². The number of pyridine rings is 1. The number of hydrogen-bond acceptors (Lipinski definition) is 4.